The molecule has 196 valence electrons. The molecule has 7 nitrogen and oxygen atoms in total. The summed E-state index contributed by atoms with van der Waals surface area (Å²) in [5.74, 6) is -1.43. The summed E-state index contributed by atoms with van der Waals surface area (Å²) in [6, 6.07) is 17.9. The molecule has 0 bridgehead atoms. The van der Waals surface area contributed by atoms with Gasteiger partial charge in [0.25, 0.3) is 5.56 Å². The number of hydrogen-bond acceptors (Lipinski definition) is 6. The Labute approximate surface area is 219 Å². The number of halogens is 3. The van der Waals surface area contributed by atoms with Crippen LogP contribution in [0.4, 0.5) is 13.2 Å². The lowest BCUT2D eigenvalue weighted by atomic mass is 10.00. The zero-order chi connectivity index (χ0) is 27.7. The van der Waals surface area contributed by atoms with Gasteiger partial charge in [-0.05, 0) is 41.5 Å². The quantitative estimate of drug-likeness (QED) is 0.293. The topological polar surface area (TPSA) is 94.3 Å². The predicted molar refractivity (Wildman–Crippen MR) is 138 cm³/mol. The normalized spacial score (nSPS) is 11.5. The number of fused-ring (bicyclic) bond motifs is 1. The number of alkyl halides is 3. The molecule has 0 atom stereocenters. The predicted octanol–water partition coefficient (Wildman–Crippen LogP) is 5.68. The van der Waals surface area contributed by atoms with Gasteiger partial charge in [-0.3, -0.25) is 9.78 Å². The summed E-state index contributed by atoms with van der Waals surface area (Å²) in [6.07, 6.45) is -1.50. The Morgan fingerprint density at radius 3 is 2.33 bits per heavy atom. The van der Waals surface area contributed by atoms with Crippen LogP contribution in [0.15, 0.2) is 90.0 Å². The average Bonchev–Trinajstić information content (AvgIpc) is 2.95. The van der Waals surface area contributed by atoms with Crippen LogP contribution in [-0.2, 0) is 17.5 Å². The Kier molecular flexibility index (Phi) is 6.61. The Balaban J connectivity index is 1.88. The lowest BCUT2D eigenvalue weighted by Crippen LogP contribution is -2.24. The van der Waals surface area contributed by atoms with Crippen LogP contribution in [0, 0.1) is 0 Å². The minimum absolute atomic E-state index is 0.0293. The Hall–Kier alpha value is -4.99. The molecule has 0 saturated heterocycles. The number of aromatic nitrogens is 3. The first kappa shape index (κ1) is 25.7. The molecule has 5 rings (SSSR count). The van der Waals surface area contributed by atoms with Crippen molar-refractivity contribution < 1.29 is 27.8 Å². The second kappa shape index (κ2) is 10.1. The van der Waals surface area contributed by atoms with E-state index in [1.54, 1.807) is 30.5 Å². The lowest BCUT2D eigenvalue weighted by molar-refractivity contribution is -0.137. The van der Waals surface area contributed by atoms with Crippen molar-refractivity contribution in [3.05, 3.63) is 112 Å². The third-order valence-electron chi connectivity index (χ3n) is 6.24. The number of nitrogens with zero attached hydrogens (tertiary/aromatic N) is 3. The molecule has 0 unspecified atom stereocenters. The third-order valence-corrected chi connectivity index (χ3v) is 6.24. The maximum atomic E-state index is 14.0. The number of esters is 1. The zero-order valence-electron chi connectivity index (χ0n) is 20.4. The number of carbonyl (C=O) groups excluding carboxylic acids is 1. The van der Waals surface area contributed by atoms with Gasteiger partial charge >= 0.3 is 12.1 Å². The van der Waals surface area contributed by atoms with Crippen LogP contribution in [0.25, 0.3) is 33.3 Å². The fraction of sp³-hybridized carbons (Fsp3) is 0.103. The highest BCUT2D eigenvalue weighted by Gasteiger charge is 2.30. The molecule has 0 radical (unpaired) electrons. The summed E-state index contributed by atoms with van der Waals surface area (Å²) in [7, 11) is 1.14. The van der Waals surface area contributed by atoms with Gasteiger partial charge in [-0.1, -0.05) is 42.5 Å². The number of hydrogen-bond donors (Lipinski definition) is 1. The van der Waals surface area contributed by atoms with Crippen molar-refractivity contribution in [1.29, 1.82) is 0 Å². The molecule has 0 aliphatic carbocycles. The molecular formula is C29H20F3N3O4. The number of carbonyl (C=O) groups is 1. The summed E-state index contributed by atoms with van der Waals surface area (Å²) >= 11 is 0. The number of benzene rings is 2. The minimum atomic E-state index is -4.55. The van der Waals surface area contributed by atoms with Crippen molar-refractivity contribution in [2.75, 3.05) is 7.11 Å². The summed E-state index contributed by atoms with van der Waals surface area (Å²) in [4.78, 5) is 35.0. The van der Waals surface area contributed by atoms with Gasteiger partial charge < -0.3 is 14.4 Å². The molecule has 0 spiro atoms. The first-order valence-electron chi connectivity index (χ1n) is 11.7. The van der Waals surface area contributed by atoms with Gasteiger partial charge in [0.1, 0.15) is 0 Å². The number of pyridine rings is 3. The van der Waals surface area contributed by atoms with Crippen LogP contribution in [-0.4, -0.2) is 32.7 Å². The molecule has 0 amide bonds. The van der Waals surface area contributed by atoms with E-state index in [2.05, 4.69) is 9.97 Å². The van der Waals surface area contributed by atoms with Gasteiger partial charge in [0.15, 0.2) is 11.4 Å². The van der Waals surface area contributed by atoms with Crippen LogP contribution in [0.3, 0.4) is 0 Å². The first-order valence-corrected chi connectivity index (χ1v) is 11.7. The summed E-state index contributed by atoms with van der Waals surface area (Å²) in [5, 5.41) is 11.3. The Bertz CT molecular complexity index is 1730. The van der Waals surface area contributed by atoms with Crippen LogP contribution in [0.1, 0.15) is 21.6 Å². The Morgan fingerprint density at radius 2 is 1.72 bits per heavy atom. The highest BCUT2D eigenvalue weighted by atomic mass is 19.4. The second-order valence-corrected chi connectivity index (χ2v) is 8.66. The van der Waals surface area contributed by atoms with E-state index in [1.165, 1.54) is 29.0 Å². The summed E-state index contributed by atoms with van der Waals surface area (Å²) in [6.45, 7) is 0.0522. The van der Waals surface area contributed by atoms with E-state index in [9.17, 15) is 27.9 Å². The number of aromatic hydroxyl groups is 1. The number of methoxy groups -OCH3 is 1. The zero-order valence-corrected chi connectivity index (χ0v) is 20.4. The van der Waals surface area contributed by atoms with Gasteiger partial charge in [-0.25, -0.2) is 9.78 Å². The van der Waals surface area contributed by atoms with E-state index in [1.807, 2.05) is 18.2 Å². The van der Waals surface area contributed by atoms with Gasteiger partial charge in [0.05, 0.1) is 30.4 Å². The smallest absolute Gasteiger partial charge is 0.416 e. The monoisotopic (exact) mass is 531 g/mol. The largest absolute Gasteiger partial charge is 0.505 e. The fourth-order valence-corrected chi connectivity index (χ4v) is 4.35. The van der Waals surface area contributed by atoms with Gasteiger partial charge in [-0.2, -0.15) is 13.2 Å². The van der Waals surface area contributed by atoms with Crippen LogP contribution < -0.4 is 5.56 Å². The molecule has 3 heterocycles. The van der Waals surface area contributed by atoms with Crippen molar-refractivity contribution in [2.45, 2.75) is 12.7 Å². The third kappa shape index (κ3) is 4.84. The maximum absolute atomic E-state index is 14.0. The van der Waals surface area contributed by atoms with Crippen molar-refractivity contribution in [1.82, 2.24) is 14.5 Å². The van der Waals surface area contributed by atoms with E-state index in [4.69, 9.17) is 4.74 Å². The lowest BCUT2D eigenvalue weighted by Gasteiger charge is -2.18. The molecule has 5 aromatic rings. The van der Waals surface area contributed by atoms with Crippen LogP contribution in [0.5, 0.6) is 5.75 Å². The summed E-state index contributed by atoms with van der Waals surface area (Å²) in [5.41, 5.74) is 0.0965. The van der Waals surface area contributed by atoms with E-state index >= 15 is 0 Å². The van der Waals surface area contributed by atoms with E-state index in [-0.39, 0.29) is 40.0 Å². The van der Waals surface area contributed by atoms with Crippen molar-refractivity contribution >= 4 is 16.9 Å². The van der Waals surface area contributed by atoms with Gasteiger partial charge in [-0.15, -0.1) is 0 Å². The van der Waals surface area contributed by atoms with Crippen molar-refractivity contribution in [2.24, 2.45) is 0 Å². The first-order chi connectivity index (χ1) is 18.7. The number of ether oxygens (including phenoxy) is 1. The van der Waals surface area contributed by atoms with E-state index in [0.717, 1.165) is 24.8 Å². The molecule has 10 heteroatoms. The molecular weight excluding hydrogens is 511 g/mol. The maximum Gasteiger partial charge on any atom is 0.416 e. The van der Waals surface area contributed by atoms with Crippen LogP contribution >= 0.6 is 0 Å². The highest BCUT2D eigenvalue weighted by Crippen LogP contribution is 2.37. The SMILES string of the molecule is COC(=O)c1nc(-c2cccnc2)c2c(cc(-c3ccc(C(F)(F)F)cc3)c(=O)n2Cc2ccccc2)c1O. The molecule has 0 saturated carbocycles. The van der Waals surface area contributed by atoms with Gasteiger partial charge in [0, 0.05) is 28.9 Å². The molecule has 39 heavy (non-hydrogen) atoms. The van der Waals surface area contributed by atoms with Crippen molar-refractivity contribution in [3.63, 3.8) is 0 Å². The molecule has 0 aliphatic heterocycles. The average molecular weight is 531 g/mol. The van der Waals surface area contributed by atoms with E-state index < -0.39 is 29.0 Å². The van der Waals surface area contributed by atoms with Gasteiger partial charge in [0.2, 0.25) is 0 Å². The van der Waals surface area contributed by atoms with E-state index in [0.29, 0.717) is 5.56 Å². The molecule has 1 N–H and O–H groups in total. The highest BCUT2D eigenvalue weighted by molar-refractivity contribution is 6.04. The molecule has 0 aliphatic rings. The minimum Gasteiger partial charge on any atom is -0.505 e. The second-order valence-electron chi connectivity index (χ2n) is 8.66. The summed E-state index contributed by atoms with van der Waals surface area (Å²) < 4.78 is 45.7. The van der Waals surface area contributed by atoms with Crippen LogP contribution in [0.2, 0.25) is 0 Å². The number of rotatable bonds is 5. The standard InChI is InChI=1S/C29H20F3N3O4/c1-39-28(38)24-26(36)22-14-21(18-9-11-20(12-10-18)29(30,31)32)27(37)35(16-17-6-3-2-4-7-17)25(22)23(34-24)19-8-5-13-33-15-19/h2-15,36H,16H2,1H3. The Morgan fingerprint density at radius 1 is 1.00 bits per heavy atom. The molecule has 0 fully saturated rings. The fourth-order valence-electron chi connectivity index (χ4n) is 4.35. The molecule has 2 aromatic carbocycles. The molecule has 3 aromatic heterocycles. The van der Waals surface area contributed by atoms with Crippen molar-refractivity contribution in [3.8, 4) is 28.1 Å².